The van der Waals surface area contributed by atoms with E-state index in [0.29, 0.717) is 35.8 Å². The zero-order valence-electron chi connectivity index (χ0n) is 20.6. The number of carbonyl (C=O) groups excluding carboxylic acids is 3. The van der Waals surface area contributed by atoms with E-state index in [4.69, 9.17) is 4.74 Å². The first kappa shape index (κ1) is 24.0. The molecule has 1 saturated carbocycles. The normalized spacial score (nSPS) is 30.3. The van der Waals surface area contributed by atoms with Crippen molar-refractivity contribution in [2.24, 2.45) is 0 Å². The highest BCUT2D eigenvalue weighted by Crippen LogP contribution is 2.38. The Kier molecular flexibility index (Phi) is 6.56. The minimum absolute atomic E-state index is 0.133. The number of benzene rings is 1. The van der Waals surface area contributed by atoms with Crippen molar-refractivity contribution in [3.63, 3.8) is 0 Å². The topological polar surface area (TPSA) is 91.0 Å². The number of nitrogens with zero attached hydrogens (tertiary/aromatic N) is 2. The van der Waals surface area contributed by atoms with Gasteiger partial charge in [0.05, 0.1) is 12.2 Å². The molecule has 3 saturated heterocycles. The van der Waals surface area contributed by atoms with E-state index in [0.717, 1.165) is 70.3 Å². The van der Waals surface area contributed by atoms with Gasteiger partial charge in [-0.15, -0.1) is 0 Å². The zero-order valence-corrected chi connectivity index (χ0v) is 20.6. The number of nitrogens with one attached hydrogen (secondary N) is 2. The Morgan fingerprint density at radius 1 is 0.944 bits per heavy atom. The molecule has 4 aliphatic heterocycles. The summed E-state index contributed by atoms with van der Waals surface area (Å²) in [6.45, 7) is 4.29. The fraction of sp³-hybridized carbons (Fsp3) is 0.667. The molecule has 0 aromatic heterocycles. The van der Waals surface area contributed by atoms with Gasteiger partial charge in [0.2, 0.25) is 11.8 Å². The third-order valence-corrected chi connectivity index (χ3v) is 8.87. The smallest absolute Gasteiger partial charge is 0.255 e. The van der Waals surface area contributed by atoms with Gasteiger partial charge in [0, 0.05) is 24.6 Å². The van der Waals surface area contributed by atoms with E-state index in [-0.39, 0.29) is 36.5 Å². The van der Waals surface area contributed by atoms with Crippen LogP contribution < -0.4 is 10.6 Å². The second-order valence-electron chi connectivity index (χ2n) is 11.1. The predicted molar refractivity (Wildman–Crippen MR) is 130 cm³/mol. The van der Waals surface area contributed by atoms with Crippen molar-refractivity contribution in [2.45, 2.75) is 88.1 Å². The second-order valence-corrected chi connectivity index (χ2v) is 11.1. The summed E-state index contributed by atoms with van der Waals surface area (Å²) in [5, 5.41) is 5.69. The number of hydrogen-bond acceptors (Lipinski definition) is 6. The summed E-state index contributed by atoms with van der Waals surface area (Å²) < 4.78 is 21.5. The number of rotatable bonds is 5. The Morgan fingerprint density at radius 2 is 1.69 bits per heavy atom. The molecule has 1 aromatic carbocycles. The summed E-state index contributed by atoms with van der Waals surface area (Å²) in [6.07, 6.45) is 7.52. The van der Waals surface area contributed by atoms with Gasteiger partial charge in [-0.05, 0) is 94.2 Å². The van der Waals surface area contributed by atoms with Crippen molar-refractivity contribution in [3.05, 3.63) is 34.6 Å². The molecule has 9 heteroatoms. The molecular formula is C27H35FN4O4. The van der Waals surface area contributed by atoms with Crippen molar-refractivity contribution < 1.29 is 23.5 Å². The molecule has 1 aliphatic carbocycles. The number of carbonyl (C=O) groups is 3. The number of fused-ring (bicyclic) bond motifs is 1. The Balaban J connectivity index is 1.04. The summed E-state index contributed by atoms with van der Waals surface area (Å²) in [7, 11) is 0. The lowest BCUT2D eigenvalue weighted by Crippen LogP contribution is -2.52. The van der Waals surface area contributed by atoms with Gasteiger partial charge in [-0.2, -0.15) is 0 Å². The van der Waals surface area contributed by atoms with Crippen LogP contribution in [-0.2, 0) is 20.9 Å². The Labute approximate surface area is 210 Å². The van der Waals surface area contributed by atoms with E-state index < -0.39 is 11.9 Å². The van der Waals surface area contributed by atoms with Crippen LogP contribution in [0.2, 0.25) is 0 Å². The molecule has 6 rings (SSSR count). The molecule has 1 atom stereocenters. The van der Waals surface area contributed by atoms with Crippen LogP contribution in [0.25, 0.3) is 0 Å². The van der Waals surface area contributed by atoms with Gasteiger partial charge in [-0.3, -0.25) is 19.7 Å². The molecule has 1 unspecified atom stereocenters. The Bertz CT molecular complexity index is 1040. The van der Waals surface area contributed by atoms with Gasteiger partial charge in [0.15, 0.2) is 0 Å². The Hall–Kier alpha value is -2.36. The highest BCUT2D eigenvalue weighted by atomic mass is 19.1. The van der Waals surface area contributed by atoms with E-state index in [9.17, 15) is 14.4 Å². The molecule has 36 heavy (non-hydrogen) atoms. The molecule has 0 spiro atoms. The molecule has 0 bridgehead atoms. The lowest BCUT2D eigenvalue weighted by molar-refractivity contribution is -0.136. The molecule has 3 amide bonds. The standard InChI is InChI=1S/C27H35FN4O4/c28-23-14-22-17(15-32(27(22)35)24-1-2-25(33)30-26(24)34)11-21(23)16-5-9-31(10-6-16)18-12-20(13-18)36-19-3-7-29-8-4-19/h11,14,16,18-20,24,29H,1-10,12-13,15H2,(H,30,33,34). The molecule has 4 heterocycles. The van der Waals surface area contributed by atoms with Crippen molar-refractivity contribution in [1.82, 2.24) is 20.4 Å². The maximum Gasteiger partial charge on any atom is 0.255 e. The summed E-state index contributed by atoms with van der Waals surface area (Å²) in [6, 6.07) is 3.10. The van der Waals surface area contributed by atoms with Gasteiger partial charge in [-0.1, -0.05) is 6.07 Å². The number of hydrogen-bond donors (Lipinski definition) is 2. The highest BCUT2D eigenvalue weighted by Gasteiger charge is 2.41. The average molecular weight is 499 g/mol. The molecule has 4 fully saturated rings. The van der Waals surface area contributed by atoms with Crippen LogP contribution >= 0.6 is 0 Å². The molecule has 0 radical (unpaired) electrons. The summed E-state index contributed by atoms with van der Waals surface area (Å²) in [5.74, 6) is -1.28. The lowest BCUT2D eigenvalue weighted by Gasteiger charge is -2.46. The summed E-state index contributed by atoms with van der Waals surface area (Å²) in [4.78, 5) is 40.7. The minimum Gasteiger partial charge on any atom is -0.375 e. The number of imide groups is 1. The fourth-order valence-electron chi connectivity index (χ4n) is 6.65. The van der Waals surface area contributed by atoms with Crippen LogP contribution in [0.3, 0.4) is 0 Å². The van der Waals surface area contributed by atoms with Crippen LogP contribution in [-0.4, -0.2) is 78.0 Å². The molecular weight excluding hydrogens is 463 g/mol. The van der Waals surface area contributed by atoms with E-state index in [2.05, 4.69) is 15.5 Å². The van der Waals surface area contributed by atoms with Gasteiger partial charge >= 0.3 is 0 Å². The lowest BCUT2D eigenvalue weighted by atomic mass is 9.83. The fourth-order valence-corrected chi connectivity index (χ4v) is 6.65. The van der Waals surface area contributed by atoms with Crippen molar-refractivity contribution in [3.8, 4) is 0 Å². The summed E-state index contributed by atoms with van der Waals surface area (Å²) in [5.41, 5.74) is 1.81. The van der Waals surface area contributed by atoms with Crippen LogP contribution in [0.4, 0.5) is 4.39 Å². The first-order chi connectivity index (χ1) is 17.5. The highest BCUT2D eigenvalue weighted by molar-refractivity contribution is 6.05. The molecule has 5 aliphatic rings. The molecule has 8 nitrogen and oxygen atoms in total. The van der Waals surface area contributed by atoms with E-state index in [1.807, 2.05) is 6.07 Å². The van der Waals surface area contributed by atoms with Gasteiger partial charge in [0.25, 0.3) is 5.91 Å². The molecule has 194 valence electrons. The number of piperidine rings is 3. The third kappa shape index (κ3) is 4.57. The monoisotopic (exact) mass is 498 g/mol. The molecule has 2 N–H and O–H groups in total. The average Bonchev–Trinajstić information content (AvgIpc) is 3.16. The zero-order chi connectivity index (χ0) is 24.8. The van der Waals surface area contributed by atoms with Crippen molar-refractivity contribution in [1.29, 1.82) is 0 Å². The number of likely N-dealkylation sites (tertiary alicyclic amines) is 1. The van der Waals surface area contributed by atoms with Gasteiger partial charge < -0.3 is 19.9 Å². The number of amides is 3. The number of halogens is 1. The van der Waals surface area contributed by atoms with Crippen molar-refractivity contribution in [2.75, 3.05) is 26.2 Å². The van der Waals surface area contributed by atoms with Gasteiger partial charge in [0.1, 0.15) is 11.9 Å². The van der Waals surface area contributed by atoms with E-state index in [1.54, 1.807) is 0 Å². The Morgan fingerprint density at radius 3 is 2.42 bits per heavy atom. The van der Waals surface area contributed by atoms with Crippen LogP contribution in [0.1, 0.15) is 78.8 Å². The predicted octanol–water partition coefficient (Wildman–Crippen LogP) is 2.07. The second kappa shape index (κ2) is 9.84. The minimum atomic E-state index is -0.678. The van der Waals surface area contributed by atoms with Crippen LogP contribution in [0.15, 0.2) is 12.1 Å². The maximum atomic E-state index is 15.2. The van der Waals surface area contributed by atoms with E-state index in [1.165, 1.54) is 11.0 Å². The first-order valence-corrected chi connectivity index (χ1v) is 13.5. The number of ether oxygens (including phenoxy) is 1. The largest absolute Gasteiger partial charge is 0.375 e. The van der Waals surface area contributed by atoms with Gasteiger partial charge in [-0.25, -0.2) is 4.39 Å². The van der Waals surface area contributed by atoms with Crippen molar-refractivity contribution >= 4 is 17.7 Å². The first-order valence-electron chi connectivity index (χ1n) is 13.5. The van der Waals surface area contributed by atoms with Crippen LogP contribution in [0, 0.1) is 5.82 Å². The quantitative estimate of drug-likeness (QED) is 0.604. The maximum absolute atomic E-state index is 15.2. The van der Waals surface area contributed by atoms with Crippen LogP contribution in [0.5, 0.6) is 0 Å². The van der Waals surface area contributed by atoms with E-state index >= 15 is 4.39 Å². The summed E-state index contributed by atoms with van der Waals surface area (Å²) >= 11 is 0. The third-order valence-electron chi connectivity index (χ3n) is 8.87. The SMILES string of the molecule is O=C1CCC(N2Cc3cc(C4CCN(C5CC(OC6CCNCC6)C5)CC4)c(F)cc3C2=O)C(=O)N1. The molecule has 1 aromatic rings.